The predicted octanol–water partition coefficient (Wildman–Crippen LogP) is 3.86. The number of benzene rings is 1. The smallest absolute Gasteiger partial charge is 0.123 e. The van der Waals surface area contributed by atoms with Crippen LogP contribution in [0.2, 0.25) is 0 Å². The molecule has 1 N–H and O–H groups in total. The second-order valence-electron chi connectivity index (χ2n) is 5.09. The highest BCUT2D eigenvalue weighted by molar-refractivity contribution is 5.46. The lowest BCUT2D eigenvalue weighted by Gasteiger charge is -2.21. The van der Waals surface area contributed by atoms with Crippen molar-refractivity contribution in [3.8, 4) is 0 Å². The summed E-state index contributed by atoms with van der Waals surface area (Å²) >= 11 is 0. The van der Waals surface area contributed by atoms with Gasteiger partial charge < -0.3 is 14.6 Å². The molecule has 0 bridgehead atoms. The highest BCUT2D eigenvalue weighted by atomic mass is 19.1. The highest BCUT2D eigenvalue weighted by Crippen LogP contribution is 2.21. The molecular weight excluding hydrogens is 267 g/mol. The molecule has 2 rings (SSSR count). The summed E-state index contributed by atoms with van der Waals surface area (Å²) in [5.41, 5.74) is 2.17. The van der Waals surface area contributed by atoms with E-state index in [-0.39, 0.29) is 5.82 Å². The van der Waals surface area contributed by atoms with Crippen LogP contribution in [-0.2, 0) is 13.1 Å². The van der Waals surface area contributed by atoms with Crippen LogP contribution >= 0.6 is 0 Å². The molecule has 0 aliphatic carbocycles. The Labute approximate surface area is 125 Å². The van der Waals surface area contributed by atoms with Crippen molar-refractivity contribution in [2.45, 2.75) is 33.9 Å². The maximum absolute atomic E-state index is 13.0. The summed E-state index contributed by atoms with van der Waals surface area (Å²) < 4.78 is 18.9. The largest absolute Gasteiger partial charge is 0.463 e. The van der Waals surface area contributed by atoms with Gasteiger partial charge in [0.2, 0.25) is 0 Å². The molecule has 4 heteroatoms. The summed E-state index contributed by atoms with van der Waals surface area (Å²) in [5, 5.41) is 3.27. The molecule has 0 amide bonds. The van der Waals surface area contributed by atoms with Gasteiger partial charge in [-0.2, -0.15) is 0 Å². The fourth-order valence-corrected chi connectivity index (χ4v) is 2.31. The van der Waals surface area contributed by atoms with E-state index in [1.165, 1.54) is 17.7 Å². The van der Waals surface area contributed by atoms with Crippen molar-refractivity contribution in [1.29, 1.82) is 0 Å². The molecule has 21 heavy (non-hydrogen) atoms. The summed E-state index contributed by atoms with van der Waals surface area (Å²) in [4.78, 5) is 2.16. The minimum atomic E-state index is -0.212. The normalized spacial score (nSPS) is 10.9. The van der Waals surface area contributed by atoms with Gasteiger partial charge in [-0.05, 0) is 56.3 Å². The SMILES string of the molecule is CCNCc1oc(CN(CC)c2ccc(F)cc2)cc1C. The lowest BCUT2D eigenvalue weighted by Crippen LogP contribution is -2.21. The zero-order chi connectivity index (χ0) is 15.2. The Balaban J connectivity index is 2.09. The van der Waals surface area contributed by atoms with Crippen LogP contribution in [-0.4, -0.2) is 13.1 Å². The number of aryl methyl sites for hydroxylation is 1. The monoisotopic (exact) mass is 290 g/mol. The lowest BCUT2D eigenvalue weighted by molar-refractivity contribution is 0.444. The van der Waals surface area contributed by atoms with Gasteiger partial charge in [0.05, 0.1) is 13.1 Å². The number of nitrogens with one attached hydrogen (secondary N) is 1. The summed E-state index contributed by atoms with van der Waals surface area (Å²) in [7, 11) is 0. The number of furan rings is 1. The number of hydrogen-bond donors (Lipinski definition) is 1. The minimum absolute atomic E-state index is 0.212. The molecular formula is C17H23FN2O. The quantitative estimate of drug-likeness (QED) is 0.839. The molecule has 1 heterocycles. The van der Waals surface area contributed by atoms with Gasteiger partial charge in [-0.25, -0.2) is 4.39 Å². The van der Waals surface area contributed by atoms with Crippen LogP contribution in [0.3, 0.4) is 0 Å². The van der Waals surface area contributed by atoms with Crippen LogP contribution in [0.4, 0.5) is 10.1 Å². The summed E-state index contributed by atoms with van der Waals surface area (Å²) in [6, 6.07) is 8.66. The van der Waals surface area contributed by atoms with E-state index in [9.17, 15) is 4.39 Å². The van der Waals surface area contributed by atoms with E-state index < -0.39 is 0 Å². The number of halogens is 1. The molecule has 0 aliphatic heterocycles. The molecule has 0 spiro atoms. The van der Waals surface area contributed by atoms with Crippen LogP contribution in [0.1, 0.15) is 30.9 Å². The first kappa shape index (κ1) is 15.6. The molecule has 0 saturated carbocycles. The number of rotatable bonds is 7. The molecule has 0 atom stereocenters. The Hall–Kier alpha value is -1.81. The molecule has 0 unspecified atom stereocenters. The molecule has 0 saturated heterocycles. The van der Waals surface area contributed by atoms with Gasteiger partial charge in [0.1, 0.15) is 17.3 Å². The van der Waals surface area contributed by atoms with Gasteiger partial charge in [-0.15, -0.1) is 0 Å². The highest BCUT2D eigenvalue weighted by Gasteiger charge is 2.11. The topological polar surface area (TPSA) is 28.4 Å². The Morgan fingerprint density at radius 3 is 2.52 bits per heavy atom. The van der Waals surface area contributed by atoms with E-state index in [2.05, 4.69) is 37.1 Å². The Morgan fingerprint density at radius 2 is 1.90 bits per heavy atom. The summed E-state index contributed by atoms with van der Waals surface area (Å²) in [5.74, 6) is 1.71. The number of hydrogen-bond acceptors (Lipinski definition) is 3. The van der Waals surface area contributed by atoms with E-state index >= 15 is 0 Å². The van der Waals surface area contributed by atoms with Crippen molar-refractivity contribution < 1.29 is 8.81 Å². The van der Waals surface area contributed by atoms with Crippen molar-refractivity contribution in [2.24, 2.45) is 0 Å². The van der Waals surface area contributed by atoms with Gasteiger partial charge in [0.15, 0.2) is 0 Å². The minimum Gasteiger partial charge on any atom is -0.463 e. The van der Waals surface area contributed by atoms with E-state index in [4.69, 9.17) is 4.42 Å². The van der Waals surface area contributed by atoms with Gasteiger partial charge in [0.25, 0.3) is 0 Å². The number of nitrogens with zero attached hydrogens (tertiary/aromatic N) is 1. The second-order valence-corrected chi connectivity index (χ2v) is 5.09. The Morgan fingerprint density at radius 1 is 1.19 bits per heavy atom. The first-order valence-electron chi connectivity index (χ1n) is 7.43. The van der Waals surface area contributed by atoms with Crippen LogP contribution in [0.5, 0.6) is 0 Å². The van der Waals surface area contributed by atoms with Gasteiger partial charge in [0, 0.05) is 12.2 Å². The van der Waals surface area contributed by atoms with Crippen molar-refractivity contribution in [3.63, 3.8) is 0 Å². The molecule has 1 aromatic heterocycles. The fraction of sp³-hybridized carbons (Fsp3) is 0.412. The predicted molar refractivity (Wildman–Crippen MR) is 83.9 cm³/mol. The third-order valence-corrected chi connectivity index (χ3v) is 3.53. The van der Waals surface area contributed by atoms with Crippen molar-refractivity contribution in [3.05, 3.63) is 53.2 Å². The molecule has 0 aliphatic rings. The third-order valence-electron chi connectivity index (χ3n) is 3.53. The van der Waals surface area contributed by atoms with E-state index in [0.29, 0.717) is 6.54 Å². The average Bonchev–Trinajstić information content (AvgIpc) is 2.83. The van der Waals surface area contributed by atoms with Crippen LogP contribution < -0.4 is 10.2 Å². The lowest BCUT2D eigenvalue weighted by atomic mass is 10.2. The Kier molecular flexibility index (Phi) is 5.39. The second kappa shape index (κ2) is 7.27. The van der Waals surface area contributed by atoms with Gasteiger partial charge in [-0.3, -0.25) is 0 Å². The maximum atomic E-state index is 13.0. The molecule has 3 nitrogen and oxygen atoms in total. The van der Waals surface area contributed by atoms with Gasteiger partial charge >= 0.3 is 0 Å². The molecule has 0 fully saturated rings. The Bertz CT molecular complexity index is 563. The van der Waals surface area contributed by atoms with E-state index in [1.54, 1.807) is 12.1 Å². The zero-order valence-electron chi connectivity index (χ0n) is 12.9. The van der Waals surface area contributed by atoms with Crippen molar-refractivity contribution >= 4 is 5.69 Å². The van der Waals surface area contributed by atoms with Crippen LogP contribution in [0.15, 0.2) is 34.7 Å². The zero-order valence-corrected chi connectivity index (χ0v) is 12.9. The van der Waals surface area contributed by atoms with Crippen molar-refractivity contribution in [2.75, 3.05) is 18.0 Å². The van der Waals surface area contributed by atoms with Crippen molar-refractivity contribution in [1.82, 2.24) is 5.32 Å². The first-order chi connectivity index (χ1) is 10.1. The standard InChI is InChI=1S/C17H23FN2O/c1-4-19-11-17-13(3)10-16(21-17)12-20(5-2)15-8-6-14(18)7-9-15/h6-10,19H,4-5,11-12H2,1-3H3. The van der Waals surface area contributed by atoms with E-state index in [1.807, 2.05) is 0 Å². The summed E-state index contributed by atoms with van der Waals surface area (Å²) in [6.07, 6.45) is 0. The molecule has 0 radical (unpaired) electrons. The summed E-state index contributed by atoms with van der Waals surface area (Å²) in [6.45, 7) is 9.43. The van der Waals surface area contributed by atoms with Gasteiger partial charge in [-0.1, -0.05) is 6.92 Å². The number of anilines is 1. The molecule has 114 valence electrons. The molecule has 1 aromatic carbocycles. The van der Waals surface area contributed by atoms with Crippen LogP contribution in [0, 0.1) is 12.7 Å². The first-order valence-corrected chi connectivity index (χ1v) is 7.43. The van der Waals surface area contributed by atoms with Crippen LogP contribution in [0.25, 0.3) is 0 Å². The maximum Gasteiger partial charge on any atom is 0.123 e. The average molecular weight is 290 g/mol. The fourth-order valence-electron chi connectivity index (χ4n) is 2.31. The van der Waals surface area contributed by atoms with E-state index in [0.717, 1.165) is 36.8 Å². The molecule has 2 aromatic rings. The third kappa shape index (κ3) is 4.08.